The molecule has 0 saturated carbocycles. The molecule has 0 aliphatic rings. The Hall–Kier alpha value is -2.06. The van der Waals surface area contributed by atoms with Crippen LogP contribution < -0.4 is 5.56 Å². The van der Waals surface area contributed by atoms with Crippen molar-refractivity contribution in [1.82, 2.24) is 14.5 Å². The van der Waals surface area contributed by atoms with Crippen LogP contribution in [-0.4, -0.2) is 25.4 Å². The SMILES string of the molecule is CCCCc1cnc(N=[SH](=O)OCC)nc1-c1cc(C)c(=O)n(C(C)C)c1. The van der Waals surface area contributed by atoms with Gasteiger partial charge in [0.25, 0.3) is 11.5 Å². The van der Waals surface area contributed by atoms with E-state index in [1.807, 2.05) is 26.1 Å². The number of pyridine rings is 1. The van der Waals surface area contributed by atoms with Crippen molar-refractivity contribution in [2.45, 2.75) is 59.9 Å². The number of unbranched alkanes of at least 4 members (excludes halogenated alkanes) is 1. The van der Waals surface area contributed by atoms with Crippen molar-refractivity contribution in [3.8, 4) is 11.3 Å². The van der Waals surface area contributed by atoms with Crippen LogP contribution >= 0.6 is 0 Å². The number of aromatic nitrogens is 3. The summed E-state index contributed by atoms with van der Waals surface area (Å²) < 4.78 is 22.4. The summed E-state index contributed by atoms with van der Waals surface area (Å²) in [5.74, 6) is 0.125. The number of nitrogens with zero attached hydrogens (tertiary/aromatic N) is 4. The lowest BCUT2D eigenvalue weighted by atomic mass is 10.0. The number of hydrogen-bond acceptors (Lipinski definition) is 6. The van der Waals surface area contributed by atoms with Gasteiger partial charge in [-0.15, -0.1) is 4.36 Å². The first-order chi connectivity index (χ1) is 12.9. The summed E-state index contributed by atoms with van der Waals surface area (Å²) in [5.41, 5.74) is 3.17. The van der Waals surface area contributed by atoms with Crippen molar-refractivity contribution < 1.29 is 8.39 Å². The Morgan fingerprint density at radius 3 is 2.70 bits per heavy atom. The van der Waals surface area contributed by atoms with E-state index in [0.717, 1.165) is 36.1 Å². The minimum atomic E-state index is -2.19. The minimum absolute atomic E-state index is 0.0118. The Balaban J connectivity index is 2.63. The zero-order valence-electron chi connectivity index (χ0n) is 16.6. The maximum absolute atomic E-state index is 12.4. The van der Waals surface area contributed by atoms with Gasteiger partial charge in [0.2, 0.25) is 0 Å². The lowest BCUT2D eigenvalue weighted by molar-refractivity contribution is 0.378. The van der Waals surface area contributed by atoms with Gasteiger partial charge in [0.05, 0.1) is 12.3 Å². The molecule has 2 aromatic heterocycles. The summed E-state index contributed by atoms with van der Waals surface area (Å²) in [6, 6.07) is 1.87. The zero-order chi connectivity index (χ0) is 20.0. The van der Waals surface area contributed by atoms with Crippen LogP contribution in [0.15, 0.2) is 27.6 Å². The molecule has 0 spiro atoms. The smallest absolute Gasteiger partial charge is 0.259 e. The highest BCUT2D eigenvalue weighted by Crippen LogP contribution is 2.25. The highest BCUT2D eigenvalue weighted by Gasteiger charge is 2.14. The molecule has 0 N–H and O–H groups in total. The molecule has 2 heterocycles. The van der Waals surface area contributed by atoms with Crippen molar-refractivity contribution in [3.63, 3.8) is 0 Å². The molecular formula is C19H28N4O3S. The molecule has 27 heavy (non-hydrogen) atoms. The fraction of sp³-hybridized carbons (Fsp3) is 0.526. The number of thiol groups is 1. The second-order valence-corrected chi connectivity index (χ2v) is 7.55. The van der Waals surface area contributed by atoms with Crippen LogP contribution in [-0.2, 0) is 21.5 Å². The van der Waals surface area contributed by atoms with Crippen molar-refractivity contribution in [3.05, 3.63) is 39.9 Å². The van der Waals surface area contributed by atoms with Gasteiger partial charge in [-0.3, -0.25) is 8.98 Å². The fourth-order valence-corrected chi connectivity index (χ4v) is 3.24. The average Bonchev–Trinajstić information content (AvgIpc) is 2.62. The highest BCUT2D eigenvalue weighted by molar-refractivity contribution is 7.69. The molecule has 2 aromatic rings. The van der Waals surface area contributed by atoms with E-state index in [1.165, 1.54) is 0 Å². The monoisotopic (exact) mass is 392 g/mol. The molecule has 1 atom stereocenters. The predicted molar refractivity (Wildman–Crippen MR) is 109 cm³/mol. The summed E-state index contributed by atoms with van der Waals surface area (Å²) in [5, 5.41) is 0. The first-order valence-corrected chi connectivity index (χ1v) is 10.4. The Morgan fingerprint density at radius 1 is 1.33 bits per heavy atom. The van der Waals surface area contributed by atoms with Gasteiger partial charge in [-0.2, -0.15) is 0 Å². The maximum Gasteiger partial charge on any atom is 0.259 e. The Bertz CT molecular complexity index is 931. The van der Waals surface area contributed by atoms with E-state index in [4.69, 9.17) is 4.18 Å². The van der Waals surface area contributed by atoms with Gasteiger partial charge in [0.1, 0.15) is 0 Å². The molecule has 0 saturated heterocycles. The molecule has 2 rings (SSSR count). The van der Waals surface area contributed by atoms with Crippen LogP contribution in [0.4, 0.5) is 5.95 Å². The first-order valence-electron chi connectivity index (χ1n) is 9.28. The molecule has 0 bridgehead atoms. The normalized spacial score (nSPS) is 12.7. The van der Waals surface area contributed by atoms with E-state index in [9.17, 15) is 9.00 Å². The molecule has 0 aliphatic heterocycles. The van der Waals surface area contributed by atoms with Gasteiger partial charge in [0, 0.05) is 29.6 Å². The lowest BCUT2D eigenvalue weighted by Crippen LogP contribution is -2.23. The number of aryl methyl sites for hydroxylation is 2. The maximum atomic E-state index is 12.4. The third-order valence-electron chi connectivity index (χ3n) is 4.11. The van der Waals surface area contributed by atoms with Crippen LogP contribution in [0.25, 0.3) is 11.3 Å². The summed E-state index contributed by atoms with van der Waals surface area (Å²) in [7, 11) is -2.19. The molecule has 0 amide bonds. The summed E-state index contributed by atoms with van der Waals surface area (Å²) in [6.07, 6.45) is 6.43. The van der Waals surface area contributed by atoms with E-state index < -0.39 is 10.9 Å². The van der Waals surface area contributed by atoms with Crippen LogP contribution in [0.5, 0.6) is 0 Å². The van der Waals surface area contributed by atoms with E-state index in [0.29, 0.717) is 12.2 Å². The van der Waals surface area contributed by atoms with Crippen molar-refractivity contribution in [1.29, 1.82) is 0 Å². The molecule has 1 unspecified atom stereocenters. The Kier molecular flexibility index (Phi) is 7.67. The van der Waals surface area contributed by atoms with Gasteiger partial charge < -0.3 is 4.57 Å². The minimum Gasteiger partial charge on any atom is -0.312 e. The molecule has 0 radical (unpaired) electrons. The van der Waals surface area contributed by atoms with Crippen LogP contribution in [0, 0.1) is 6.92 Å². The van der Waals surface area contributed by atoms with E-state index in [-0.39, 0.29) is 17.5 Å². The zero-order valence-corrected chi connectivity index (χ0v) is 17.5. The summed E-state index contributed by atoms with van der Waals surface area (Å²) in [6.45, 7) is 9.92. The van der Waals surface area contributed by atoms with E-state index in [2.05, 4.69) is 21.3 Å². The summed E-state index contributed by atoms with van der Waals surface area (Å²) >= 11 is 0. The van der Waals surface area contributed by atoms with Crippen LogP contribution in [0.3, 0.4) is 0 Å². The van der Waals surface area contributed by atoms with Gasteiger partial charge in [0.15, 0.2) is 10.9 Å². The van der Waals surface area contributed by atoms with Crippen LogP contribution in [0.1, 0.15) is 57.7 Å². The van der Waals surface area contributed by atoms with Gasteiger partial charge in [-0.25, -0.2) is 14.2 Å². The fourth-order valence-electron chi connectivity index (χ4n) is 2.72. The van der Waals surface area contributed by atoms with E-state index >= 15 is 0 Å². The second kappa shape index (κ2) is 9.75. The quantitative estimate of drug-likeness (QED) is 0.691. The number of rotatable bonds is 8. The molecule has 0 aromatic carbocycles. The third-order valence-corrected chi connectivity index (χ3v) is 4.94. The van der Waals surface area contributed by atoms with Gasteiger partial charge in [-0.1, -0.05) is 13.3 Å². The topological polar surface area (TPSA) is 86.4 Å². The molecule has 0 aliphatic carbocycles. The highest BCUT2D eigenvalue weighted by atomic mass is 32.2. The number of hydrogen-bond donors (Lipinski definition) is 1. The van der Waals surface area contributed by atoms with Gasteiger partial charge in [-0.05, 0) is 52.2 Å². The van der Waals surface area contributed by atoms with Crippen molar-refractivity contribution in [2.75, 3.05) is 6.61 Å². The van der Waals surface area contributed by atoms with E-state index in [1.54, 1.807) is 24.6 Å². The predicted octanol–water partition coefficient (Wildman–Crippen LogP) is 3.78. The molecule has 0 fully saturated rings. The Labute approximate surface area is 162 Å². The van der Waals surface area contributed by atoms with Crippen molar-refractivity contribution >= 4 is 16.8 Å². The van der Waals surface area contributed by atoms with Crippen LogP contribution in [0.2, 0.25) is 0 Å². The lowest BCUT2D eigenvalue weighted by Gasteiger charge is -2.15. The summed E-state index contributed by atoms with van der Waals surface area (Å²) in [4.78, 5) is 21.2. The molecule has 148 valence electrons. The second-order valence-electron chi connectivity index (χ2n) is 6.62. The Morgan fingerprint density at radius 2 is 2.07 bits per heavy atom. The third kappa shape index (κ3) is 5.46. The molecule has 8 heteroatoms. The largest absolute Gasteiger partial charge is 0.312 e. The standard InChI is InChI=1S/C19H28N4O3S/c1-6-8-9-15-11-20-19(22-27(25)26-7-2)21-17(15)16-10-14(5)18(24)23(12-16)13(3)4/h10-13,27H,6-9H2,1-5H3. The molecular weight excluding hydrogens is 364 g/mol. The molecule has 7 nitrogen and oxygen atoms in total. The average molecular weight is 393 g/mol. The van der Waals surface area contributed by atoms with Gasteiger partial charge >= 0.3 is 0 Å². The van der Waals surface area contributed by atoms with Crippen molar-refractivity contribution in [2.24, 2.45) is 4.36 Å². The first kappa shape index (κ1) is 21.2.